The minimum atomic E-state index is -4.41. The Hall–Kier alpha value is -3.52. The molecule has 0 bridgehead atoms. The van der Waals surface area contributed by atoms with Gasteiger partial charge in [-0.1, -0.05) is 42.5 Å². The van der Waals surface area contributed by atoms with Gasteiger partial charge in [-0.3, -0.25) is 0 Å². The first-order valence-electron chi connectivity index (χ1n) is 11.9. The van der Waals surface area contributed by atoms with Gasteiger partial charge in [-0.05, 0) is 71.3 Å². The molecule has 4 rings (SSSR count). The van der Waals surface area contributed by atoms with Crippen molar-refractivity contribution in [2.45, 2.75) is 31.0 Å². The van der Waals surface area contributed by atoms with Crippen LogP contribution >= 0.6 is 0 Å². The second kappa shape index (κ2) is 9.85. The molecule has 5 nitrogen and oxygen atoms in total. The van der Waals surface area contributed by atoms with Crippen LogP contribution in [0.15, 0.2) is 66.7 Å². The van der Waals surface area contributed by atoms with Crippen molar-refractivity contribution in [3.63, 3.8) is 0 Å². The average Bonchev–Trinajstić information content (AvgIpc) is 2.86. The maximum Gasteiger partial charge on any atom is 0.416 e. The topological polar surface area (TPSA) is 69.8 Å². The van der Waals surface area contributed by atoms with Crippen molar-refractivity contribution in [2.24, 2.45) is 5.73 Å². The van der Waals surface area contributed by atoms with E-state index in [1.807, 2.05) is 61.5 Å². The molecule has 0 saturated carbocycles. The molecule has 0 aliphatic carbocycles. The van der Waals surface area contributed by atoms with Crippen LogP contribution in [0, 0.1) is 0 Å². The molecule has 190 valence electrons. The predicted octanol–water partition coefficient (Wildman–Crippen LogP) is 5.39. The first kappa shape index (κ1) is 25.6. The molecule has 1 unspecified atom stereocenters. The van der Waals surface area contributed by atoms with Gasteiger partial charge in [0, 0.05) is 32.9 Å². The lowest BCUT2D eigenvalue weighted by Gasteiger charge is -2.49. The van der Waals surface area contributed by atoms with Crippen molar-refractivity contribution >= 4 is 11.7 Å². The van der Waals surface area contributed by atoms with Gasteiger partial charge in [0.05, 0.1) is 11.1 Å². The number of aliphatic hydroxyl groups is 1. The van der Waals surface area contributed by atoms with E-state index in [1.54, 1.807) is 4.90 Å². The summed E-state index contributed by atoms with van der Waals surface area (Å²) < 4.78 is 39.4. The summed E-state index contributed by atoms with van der Waals surface area (Å²) in [6.07, 6.45) is -3.04. The third-order valence-electron chi connectivity index (χ3n) is 6.99. The number of rotatable bonds is 6. The highest BCUT2D eigenvalue weighted by Crippen LogP contribution is 2.47. The highest BCUT2D eigenvalue weighted by molar-refractivity contribution is 5.78. The number of aliphatic hydroxyl groups excluding tert-OH is 1. The largest absolute Gasteiger partial charge is 0.416 e. The van der Waals surface area contributed by atoms with Crippen LogP contribution in [-0.4, -0.2) is 43.3 Å². The second-order valence-electron chi connectivity index (χ2n) is 9.28. The Morgan fingerprint density at radius 1 is 1.08 bits per heavy atom. The van der Waals surface area contributed by atoms with Gasteiger partial charge in [0.2, 0.25) is 0 Å². The minimum absolute atomic E-state index is 0.0599. The van der Waals surface area contributed by atoms with Crippen LogP contribution in [0.3, 0.4) is 0 Å². The number of halogens is 3. The Labute approximate surface area is 209 Å². The molecule has 0 spiro atoms. The number of hydrogen-bond acceptors (Lipinski definition) is 3. The van der Waals surface area contributed by atoms with Crippen molar-refractivity contribution in [2.75, 3.05) is 32.1 Å². The van der Waals surface area contributed by atoms with Gasteiger partial charge in [0.1, 0.15) is 0 Å². The van der Waals surface area contributed by atoms with Crippen LogP contribution in [0.5, 0.6) is 0 Å². The van der Waals surface area contributed by atoms with E-state index in [9.17, 15) is 23.1 Å². The quantitative estimate of drug-likeness (QED) is 0.480. The normalized spacial score (nSPS) is 17.6. The Morgan fingerprint density at radius 2 is 1.78 bits per heavy atom. The van der Waals surface area contributed by atoms with Crippen molar-refractivity contribution in [3.8, 4) is 11.1 Å². The molecule has 3 aromatic rings. The molecule has 1 aliphatic rings. The standard InChI is InChI=1S/C28H30F3N3O2/c1-33(2)22-7-3-6-21(18-22)27(15-5-17-35)25-9-4-8-23(24(25)14-16-34(27)26(32)36)19-10-12-20(13-11-19)28(29,30)31/h3-4,6-13,18,35H,5,14-17H2,1-2H3,(H2,32,36). The summed E-state index contributed by atoms with van der Waals surface area (Å²) in [4.78, 5) is 16.4. The van der Waals surface area contributed by atoms with Gasteiger partial charge >= 0.3 is 12.2 Å². The van der Waals surface area contributed by atoms with E-state index in [2.05, 4.69) is 0 Å². The molecule has 2 amide bonds. The molecule has 0 saturated heterocycles. The molecule has 1 heterocycles. The van der Waals surface area contributed by atoms with E-state index < -0.39 is 23.3 Å². The van der Waals surface area contributed by atoms with E-state index in [0.717, 1.165) is 40.1 Å². The van der Waals surface area contributed by atoms with Crippen LogP contribution in [0.1, 0.15) is 35.1 Å². The highest BCUT2D eigenvalue weighted by Gasteiger charge is 2.46. The van der Waals surface area contributed by atoms with Crippen LogP contribution in [-0.2, 0) is 18.1 Å². The van der Waals surface area contributed by atoms with Crippen LogP contribution in [0.2, 0.25) is 0 Å². The van der Waals surface area contributed by atoms with Crippen LogP contribution in [0.25, 0.3) is 11.1 Å². The summed E-state index contributed by atoms with van der Waals surface area (Å²) >= 11 is 0. The number of primary amides is 1. The smallest absolute Gasteiger partial charge is 0.396 e. The molecule has 3 aromatic carbocycles. The van der Waals surface area contributed by atoms with Gasteiger partial charge in [0.15, 0.2) is 0 Å². The fourth-order valence-electron chi connectivity index (χ4n) is 5.31. The number of anilines is 1. The maximum absolute atomic E-state index is 13.1. The van der Waals surface area contributed by atoms with Gasteiger partial charge in [0.25, 0.3) is 0 Å². The molecular weight excluding hydrogens is 467 g/mol. The Balaban J connectivity index is 1.95. The molecule has 3 N–H and O–H groups in total. The zero-order valence-corrected chi connectivity index (χ0v) is 20.3. The SMILES string of the molecule is CN(C)c1cccc(C2(CCCO)c3cccc(-c4ccc(C(F)(F)F)cc4)c3CCN2C(N)=O)c1. The molecular formula is C28H30F3N3O2. The van der Waals surface area contributed by atoms with Crippen molar-refractivity contribution < 1.29 is 23.1 Å². The molecule has 1 atom stereocenters. The Bertz CT molecular complexity index is 1240. The number of urea groups is 1. The molecule has 36 heavy (non-hydrogen) atoms. The predicted molar refractivity (Wildman–Crippen MR) is 135 cm³/mol. The summed E-state index contributed by atoms with van der Waals surface area (Å²) in [7, 11) is 3.87. The van der Waals surface area contributed by atoms with Gasteiger partial charge in [-0.2, -0.15) is 13.2 Å². The fourth-order valence-corrected chi connectivity index (χ4v) is 5.31. The lowest BCUT2D eigenvalue weighted by Crippen LogP contribution is -2.56. The number of alkyl halides is 3. The van der Waals surface area contributed by atoms with Crippen LogP contribution < -0.4 is 10.6 Å². The third kappa shape index (κ3) is 4.53. The number of benzene rings is 3. The number of amides is 2. The number of nitrogens with two attached hydrogens (primary N) is 1. The summed E-state index contributed by atoms with van der Waals surface area (Å²) in [5.74, 6) is 0. The lowest BCUT2D eigenvalue weighted by molar-refractivity contribution is -0.137. The van der Waals surface area contributed by atoms with E-state index >= 15 is 0 Å². The lowest BCUT2D eigenvalue weighted by atomic mass is 9.71. The van der Waals surface area contributed by atoms with Crippen LogP contribution in [0.4, 0.5) is 23.7 Å². The minimum Gasteiger partial charge on any atom is -0.396 e. The zero-order valence-electron chi connectivity index (χ0n) is 20.3. The van der Waals surface area contributed by atoms with Gasteiger partial charge in [-0.15, -0.1) is 0 Å². The third-order valence-corrected chi connectivity index (χ3v) is 6.99. The molecule has 8 heteroatoms. The zero-order chi connectivity index (χ0) is 26.1. The Morgan fingerprint density at radius 3 is 2.39 bits per heavy atom. The molecule has 1 aliphatic heterocycles. The first-order chi connectivity index (χ1) is 17.1. The number of carbonyl (C=O) groups excluding carboxylic acids is 1. The first-order valence-corrected chi connectivity index (χ1v) is 11.9. The summed E-state index contributed by atoms with van der Waals surface area (Å²) in [5, 5.41) is 9.76. The summed E-state index contributed by atoms with van der Waals surface area (Å²) in [6.45, 7) is 0.285. The van der Waals surface area contributed by atoms with E-state index in [-0.39, 0.29) is 6.61 Å². The van der Waals surface area contributed by atoms with Gasteiger partial charge < -0.3 is 20.6 Å². The van der Waals surface area contributed by atoms with Crippen molar-refractivity contribution in [3.05, 3.63) is 89.0 Å². The number of carbonyl (C=O) groups is 1. The van der Waals surface area contributed by atoms with E-state index in [0.29, 0.717) is 31.4 Å². The summed E-state index contributed by atoms with van der Waals surface area (Å²) in [5.41, 5.74) is 9.43. The average molecular weight is 498 g/mol. The maximum atomic E-state index is 13.1. The number of nitrogens with zero attached hydrogens (tertiary/aromatic N) is 2. The molecule has 0 fully saturated rings. The monoisotopic (exact) mass is 497 g/mol. The molecule has 0 radical (unpaired) electrons. The Kier molecular flexibility index (Phi) is 7.00. The van der Waals surface area contributed by atoms with E-state index in [4.69, 9.17) is 5.73 Å². The number of hydrogen-bond donors (Lipinski definition) is 2. The fraction of sp³-hybridized carbons (Fsp3) is 0.321. The van der Waals surface area contributed by atoms with E-state index in [1.165, 1.54) is 12.1 Å². The molecule has 0 aromatic heterocycles. The van der Waals surface area contributed by atoms with Crippen molar-refractivity contribution in [1.29, 1.82) is 0 Å². The van der Waals surface area contributed by atoms with Crippen molar-refractivity contribution in [1.82, 2.24) is 4.90 Å². The van der Waals surface area contributed by atoms with Gasteiger partial charge in [-0.25, -0.2) is 4.79 Å². The highest BCUT2D eigenvalue weighted by atomic mass is 19.4. The second-order valence-corrected chi connectivity index (χ2v) is 9.28. The number of fused-ring (bicyclic) bond motifs is 1. The summed E-state index contributed by atoms with van der Waals surface area (Å²) in [6, 6.07) is 18.2.